The summed E-state index contributed by atoms with van der Waals surface area (Å²) in [5.74, 6) is 0. The zero-order chi connectivity index (χ0) is 15.9. The van der Waals surface area contributed by atoms with Crippen molar-refractivity contribution in [3.05, 3.63) is 60.4 Å². The number of benzene rings is 1. The summed E-state index contributed by atoms with van der Waals surface area (Å²) in [5.41, 5.74) is 2.24. The molecule has 1 saturated heterocycles. The first kappa shape index (κ1) is 15.3. The zero-order valence-electron chi connectivity index (χ0n) is 13.1. The van der Waals surface area contributed by atoms with E-state index in [1.807, 2.05) is 41.4 Å². The largest absolute Gasteiger partial charge is 0.379 e. The number of anilines is 1. The van der Waals surface area contributed by atoms with Crippen molar-refractivity contribution < 1.29 is 4.79 Å². The Hall–Kier alpha value is -2.56. The maximum Gasteiger partial charge on any atom is 0.317 e. The number of likely N-dealkylation sites (tertiary alicyclic amines) is 1. The number of hydrogen-bond acceptors (Lipinski definition) is 3. The minimum absolute atomic E-state index is 0.0245. The third-order valence-electron chi connectivity index (χ3n) is 4.04. The Morgan fingerprint density at radius 1 is 1.22 bits per heavy atom. The molecule has 0 radical (unpaired) electrons. The lowest BCUT2D eigenvalue weighted by atomic mass is 10.1. The first-order chi connectivity index (χ1) is 11.3. The van der Waals surface area contributed by atoms with Gasteiger partial charge >= 0.3 is 6.03 Å². The average molecular weight is 310 g/mol. The number of aromatic nitrogens is 1. The van der Waals surface area contributed by atoms with Crippen molar-refractivity contribution in [1.29, 1.82) is 0 Å². The number of urea groups is 1. The van der Waals surface area contributed by atoms with Gasteiger partial charge in [-0.05, 0) is 30.5 Å². The van der Waals surface area contributed by atoms with Gasteiger partial charge in [0.15, 0.2) is 0 Å². The number of nitrogens with one attached hydrogen (secondary N) is 2. The van der Waals surface area contributed by atoms with E-state index in [9.17, 15) is 4.79 Å². The van der Waals surface area contributed by atoms with E-state index in [4.69, 9.17) is 0 Å². The Morgan fingerprint density at radius 2 is 2.09 bits per heavy atom. The quantitative estimate of drug-likeness (QED) is 0.892. The third-order valence-corrected chi connectivity index (χ3v) is 4.04. The number of carbonyl (C=O) groups excluding carboxylic acids is 1. The summed E-state index contributed by atoms with van der Waals surface area (Å²) in [6.45, 7) is 2.18. The maximum atomic E-state index is 12.2. The number of amides is 2. The number of hydrogen-bond donors (Lipinski definition) is 2. The molecule has 2 N–H and O–H groups in total. The summed E-state index contributed by atoms with van der Waals surface area (Å²) < 4.78 is 0. The van der Waals surface area contributed by atoms with Gasteiger partial charge < -0.3 is 15.5 Å². The molecule has 1 fully saturated rings. The molecule has 1 aliphatic heterocycles. The Labute approximate surface area is 136 Å². The van der Waals surface area contributed by atoms with E-state index >= 15 is 0 Å². The molecule has 2 heterocycles. The Bertz CT molecular complexity index is 617. The van der Waals surface area contributed by atoms with E-state index < -0.39 is 0 Å². The fraction of sp³-hybridized carbons (Fsp3) is 0.333. The molecular weight excluding hydrogens is 288 g/mol. The molecule has 5 nitrogen and oxygen atoms in total. The molecule has 0 spiro atoms. The lowest BCUT2D eigenvalue weighted by Crippen LogP contribution is -2.40. The fourth-order valence-electron chi connectivity index (χ4n) is 2.82. The van der Waals surface area contributed by atoms with Gasteiger partial charge in [-0.15, -0.1) is 0 Å². The molecule has 2 aromatic rings. The normalized spacial score (nSPS) is 17.0. The topological polar surface area (TPSA) is 57.3 Å². The monoisotopic (exact) mass is 310 g/mol. The van der Waals surface area contributed by atoms with E-state index in [1.54, 1.807) is 6.20 Å². The lowest BCUT2D eigenvalue weighted by Gasteiger charge is -2.18. The number of carbonyl (C=O) groups is 1. The second-order valence-corrected chi connectivity index (χ2v) is 5.79. The number of nitrogens with zero attached hydrogens (tertiary/aromatic N) is 2. The molecule has 0 bridgehead atoms. The molecule has 0 aliphatic carbocycles. The van der Waals surface area contributed by atoms with Gasteiger partial charge in [-0.1, -0.05) is 30.3 Å². The standard InChI is InChI=1S/C18H22N4O/c23-18(20-11-8-15-5-2-1-3-6-15)22-12-9-17(14-22)21-16-7-4-10-19-13-16/h1-7,10,13,17,21H,8-9,11-12,14H2,(H,20,23). The van der Waals surface area contributed by atoms with Crippen LogP contribution in [0.2, 0.25) is 0 Å². The zero-order valence-corrected chi connectivity index (χ0v) is 13.1. The molecule has 2 amide bonds. The van der Waals surface area contributed by atoms with Gasteiger partial charge in [-0.25, -0.2) is 4.79 Å². The van der Waals surface area contributed by atoms with Gasteiger partial charge in [-0.2, -0.15) is 0 Å². The molecule has 1 atom stereocenters. The predicted octanol–water partition coefficient (Wildman–Crippen LogP) is 2.52. The van der Waals surface area contributed by atoms with E-state index in [1.165, 1.54) is 5.56 Å². The third kappa shape index (κ3) is 4.45. The van der Waals surface area contributed by atoms with Crippen molar-refractivity contribution >= 4 is 11.7 Å². The van der Waals surface area contributed by atoms with Gasteiger partial charge in [0.1, 0.15) is 0 Å². The summed E-state index contributed by atoms with van der Waals surface area (Å²) >= 11 is 0. The first-order valence-electron chi connectivity index (χ1n) is 8.04. The van der Waals surface area contributed by atoms with Crippen LogP contribution in [0.3, 0.4) is 0 Å². The summed E-state index contributed by atoms with van der Waals surface area (Å²) in [5, 5.41) is 6.43. The van der Waals surface area contributed by atoms with E-state index in [0.717, 1.165) is 31.6 Å². The molecule has 0 saturated carbocycles. The van der Waals surface area contributed by atoms with Gasteiger partial charge in [0.05, 0.1) is 5.69 Å². The van der Waals surface area contributed by atoms with Crippen LogP contribution in [0, 0.1) is 0 Å². The van der Waals surface area contributed by atoms with Crippen molar-refractivity contribution in [2.75, 3.05) is 25.0 Å². The minimum Gasteiger partial charge on any atom is -0.379 e. The highest BCUT2D eigenvalue weighted by molar-refractivity contribution is 5.74. The number of pyridine rings is 1. The van der Waals surface area contributed by atoms with E-state index in [-0.39, 0.29) is 6.03 Å². The summed E-state index contributed by atoms with van der Waals surface area (Å²) in [6.07, 6.45) is 5.38. The van der Waals surface area contributed by atoms with Gasteiger partial charge in [0.25, 0.3) is 0 Å². The summed E-state index contributed by atoms with van der Waals surface area (Å²) in [7, 11) is 0. The van der Waals surface area contributed by atoms with Crippen LogP contribution in [0.4, 0.5) is 10.5 Å². The Balaban J connectivity index is 1.41. The molecule has 23 heavy (non-hydrogen) atoms. The van der Waals surface area contributed by atoms with Gasteiger partial charge in [0.2, 0.25) is 0 Å². The van der Waals surface area contributed by atoms with Crippen LogP contribution in [0.1, 0.15) is 12.0 Å². The van der Waals surface area contributed by atoms with Crippen LogP contribution in [0.25, 0.3) is 0 Å². The fourth-order valence-corrected chi connectivity index (χ4v) is 2.82. The van der Waals surface area contributed by atoms with Crippen LogP contribution >= 0.6 is 0 Å². The van der Waals surface area contributed by atoms with E-state index in [2.05, 4.69) is 27.8 Å². The first-order valence-corrected chi connectivity index (χ1v) is 8.04. The number of rotatable bonds is 5. The van der Waals surface area contributed by atoms with Crippen LogP contribution in [-0.4, -0.2) is 41.6 Å². The highest BCUT2D eigenvalue weighted by Crippen LogP contribution is 2.15. The molecule has 120 valence electrons. The maximum absolute atomic E-state index is 12.2. The van der Waals surface area contributed by atoms with Crippen LogP contribution < -0.4 is 10.6 Å². The summed E-state index contributed by atoms with van der Waals surface area (Å²) in [6, 6.07) is 14.4. The Morgan fingerprint density at radius 3 is 2.87 bits per heavy atom. The highest BCUT2D eigenvalue weighted by Gasteiger charge is 2.25. The SMILES string of the molecule is O=C(NCCc1ccccc1)N1CCC(Nc2cccnc2)C1. The second-order valence-electron chi connectivity index (χ2n) is 5.79. The van der Waals surface area contributed by atoms with Crippen LogP contribution in [0.5, 0.6) is 0 Å². The summed E-state index contributed by atoms with van der Waals surface area (Å²) in [4.78, 5) is 18.2. The van der Waals surface area contributed by atoms with Crippen molar-refractivity contribution in [2.45, 2.75) is 18.9 Å². The van der Waals surface area contributed by atoms with Crippen molar-refractivity contribution in [3.8, 4) is 0 Å². The molecule has 1 aromatic heterocycles. The molecular formula is C18H22N4O. The van der Waals surface area contributed by atoms with Crippen molar-refractivity contribution in [1.82, 2.24) is 15.2 Å². The lowest BCUT2D eigenvalue weighted by molar-refractivity contribution is 0.208. The highest BCUT2D eigenvalue weighted by atomic mass is 16.2. The van der Waals surface area contributed by atoms with Crippen LogP contribution in [-0.2, 0) is 6.42 Å². The van der Waals surface area contributed by atoms with Gasteiger partial charge in [-0.3, -0.25) is 4.98 Å². The minimum atomic E-state index is 0.0245. The smallest absolute Gasteiger partial charge is 0.317 e. The second kappa shape index (κ2) is 7.63. The Kier molecular flexibility index (Phi) is 5.09. The van der Waals surface area contributed by atoms with Crippen LogP contribution in [0.15, 0.2) is 54.9 Å². The average Bonchev–Trinajstić information content (AvgIpc) is 3.05. The molecule has 1 aromatic carbocycles. The van der Waals surface area contributed by atoms with E-state index in [0.29, 0.717) is 12.6 Å². The molecule has 1 aliphatic rings. The molecule has 5 heteroatoms. The van der Waals surface area contributed by atoms with Crippen molar-refractivity contribution in [2.24, 2.45) is 0 Å². The molecule has 1 unspecified atom stereocenters. The van der Waals surface area contributed by atoms with Crippen molar-refractivity contribution in [3.63, 3.8) is 0 Å². The van der Waals surface area contributed by atoms with Gasteiger partial charge in [0, 0.05) is 38.1 Å². The molecule has 3 rings (SSSR count). The predicted molar refractivity (Wildman–Crippen MR) is 91.4 cm³/mol.